The summed E-state index contributed by atoms with van der Waals surface area (Å²) in [4.78, 5) is 0. The molecule has 1 N–H and O–H groups in total. The molecule has 0 unspecified atom stereocenters. The molecule has 0 saturated heterocycles. The zero-order valence-corrected chi connectivity index (χ0v) is 10.8. The van der Waals surface area contributed by atoms with Crippen LogP contribution in [0.25, 0.3) is 0 Å². The second kappa shape index (κ2) is 5.19. The van der Waals surface area contributed by atoms with Gasteiger partial charge in [-0.05, 0) is 46.1 Å². The maximum atomic E-state index is 6.09. The van der Waals surface area contributed by atoms with Crippen molar-refractivity contribution in [2.24, 2.45) is 0 Å². The van der Waals surface area contributed by atoms with E-state index in [4.69, 9.17) is 11.6 Å². The Morgan fingerprint density at radius 3 is 2.69 bits per heavy atom. The Morgan fingerprint density at radius 2 is 2.12 bits per heavy atom. The van der Waals surface area contributed by atoms with Crippen molar-refractivity contribution in [2.75, 3.05) is 6.54 Å². The number of halogens is 1. The van der Waals surface area contributed by atoms with Crippen molar-refractivity contribution in [1.82, 2.24) is 15.1 Å². The lowest BCUT2D eigenvalue weighted by Crippen LogP contribution is -2.18. The van der Waals surface area contributed by atoms with Gasteiger partial charge in [-0.3, -0.25) is 4.68 Å². The molecule has 0 aromatic carbocycles. The van der Waals surface area contributed by atoms with Gasteiger partial charge in [-0.2, -0.15) is 5.10 Å². The summed E-state index contributed by atoms with van der Waals surface area (Å²) in [5, 5.41) is 8.75. The number of aromatic nitrogens is 2. The van der Waals surface area contributed by atoms with Crippen molar-refractivity contribution >= 4 is 11.6 Å². The van der Waals surface area contributed by atoms with Crippen molar-refractivity contribution in [2.45, 2.75) is 52.1 Å². The molecule has 1 aliphatic rings. The van der Waals surface area contributed by atoms with Gasteiger partial charge in [0.05, 0.1) is 16.4 Å². The zero-order valence-electron chi connectivity index (χ0n) is 10.1. The fourth-order valence-corrected chi connectivity index (χ4v) is 2.01. The lowest BCUT2D eigenvalue weighted by atomic mass is 10.3. The average Bonchev–Trinajstić information content (AvgIpc) is 3.04. The SMILES string of the molecule is Cc1nn(CCCCNC2CC2)c(C)c1Cl. The van der Waals surface area contributed by atoms with E-state index in [1.165, 1.54) is 19.3 Å². The maximum Gasteiger partial charge on any atom is 0.0844 e. The van der Waals surface area contributed by atoms with Crippen molar-refractivity contribution < 1.29 is 0 Å². The van der Waals surface area contributed by atoms with Gasteiger partial charge in [0.2, 0.25) is 0 Å². The summed E-state index contributed by atoms with van der Waals surface area (Å²) in [6.45, 7) is 6.11. The Balaban J connectivity index is 1.69. The summed E-state index contributed by atoms with van der Waals surface area (Å²) in [5.41, 5.74) is 2.03. The first-order chi connectivity index (χ1) is 7.68. The lowest BCUT2D eigenvalue weighted by molar-refractivity contribution is 0.524. The Kier molecular flexibility index (Phi) is 3.87. The van der Waals surface area contributed by atoms with Crippen LogP contribution in [0.3, 0.4) is 0 Å². The summed E-state index contributed by atoms with van der Waals surface area (Å²) >= 11 is 6.09. The molecule has 1 aliphatic carbocycles. The summed E-state index contributed by atoms with van der Waals surface area (Å²) in [5.74, 6) is 0. The molecule has 0 amide bonds. The summed E-state index contributed by atoms with van der Waals surface area (Å²) in [7, 11) is 0. The molecule has 3 nitrogen and oxygen atoms in total. The minimum absolute atomic E-state index is 0.816. The van der Waals surface area contributed by atoms with Crippen LogP contribution in [-0.2, 0) is 6.54 Å². The largest absolute Gasteiger partial charge is 0.314 e. The molecule has 1 aromatic heterocycles. The van der Waals surface area contributed by atoms with Crippen molar-refractivity contribution in [3.8, 4) is 0 Å². The highest BCUT2D eigenvalue weighted by atomic mass is 35.5. The monoisotopic (exact) mass is 241 g/mol. The number of unbranched alkanes of at least 4 members (excludes halogenated alkanes) is 1. The van der Waals surface area contributed by atoms with E-state index in [0.29, 0.717) is 0 Å². The molecule has 4 heteroatoms. The molecule has 0 bridgehead atoms. The highest BCUT2D eigenvalue weighted by Crippen LogP contribution is 2.20. The molecular formula is C12H20ClN3. The molecular weight excluding hydrogens is 222 g/mol. The maximum absolute atomic E-state index is 6.09. The molecule has 1 fully saturated rings. The first-order valence-corrected chi connectivity index (χ1v) is 6.49. The molecule has 0 aliphatic heterocycles. The average molecular weight is 242 g/mol. The van der Waals surface area contributed by atoms with Gasteiger partial charge in [-0.25, -0.2) is 0 Å². The van der Waals surface area contributed by atoms with Crippen LogP contribution in [0.15, 0.2) is 0 Å². The van der Waals surface area contributed by atoms with Gasteiger partial charge in [0, 0.05) is 12.6 Å². The number of nitrogens with one attached hydrogen (secondary N) is 1. The third kappa shape index (κ3) is 2.98. The van der Waals surface area contributed by atoms with Crippen LogP contribution in [0.2, 0.25) is 5.02 Å². The van der Waals surface area contributed by atoms with E-state index in [2.05, 4.69) is 10.4 Å². The van der Waals surface area contributed by atoms with Crippen molar-refractivity contribution in [1.29, 1.82) is 0 Å². The van der Waals surface area contributed by atoms with Crippen LogP contribution in [0, 0.1) is 13.8 Å². The second-order valence-corrected chi connectivity index (χ2v) is 5.02. The van der Waals surface area contributed by atoms with Crippen LogP contribution in [0.1, 0.15) is 37.1 Å². The topological polar surface area (TPSA) is 29.9 Å². The molecule has 0 atom stereocenters. The molecule has 1 saturated carbocycles. The van der Waals surface area contributed by atoms with E-state index in [1.807, 2.05) is 18.5 Å². The van der Waals surface area contributed by atoms with Gasteiger partial charge in [0.15, 0.2) is 0 Å². The number of rotatable bonds is 6. The highest BCUT2D eigenvalue weighted by Gasteiger charge is 2.19. The number of nitrogens with zero attached hydrogens (tertiary/aromatic N) is 2. The van der Waals surface area contributed by atoms with Gasteiger partial charge in [-0.1, -0.05) is 11.6 Å². The number of aryl methyl sites for hydroxylation is 2. The zero-order chi connectivity index (χ0) is 11.5. The summed E-state index contributed by atoms with van der Waals surface area (Å²) in [6.07, 6.45) is 5.12. The van der Waals surface area contributed by atoms with Gasteiger partial charge in [0.1, 0.15) is 0 Å². The Labute approximate surface area is 102 Å². The quantitative estimate of drug-likeness (QED) is 0.777. The van der Waals surface area contributed by atoms with Crippen LogP contribution < -0.4 is 5.32 Å². The van der Waals surface area contributed by atoms with E-state index in [1.54, 1.807) is 0 Å². The van der Waals surface area contributed by atoms with Crippen molar-refractivity contribution in [3.63, 3.8) is 0 Å². The number of hydrogen-bond acceptors (Lipinski definition) is 2. The normalized spacial score (nSPS) is 15.7. The minimum Gasteiger partial charge on any atom is -0.314 e. The van der Waals surface area contributed by atoms with Crippen LogP contribution in [0.5, 0.6) is 0 Å². The Hall–Kier alpha value is -0.540. The number of hydrogen-bond donors (Lipinski definition) is 1. The van der Waals surface area contributed by atoms with Gasteiger partial charge >= 0.3 is 0 Å². The molecule has 1 heterocycles. The van der Waals surface area contributed by atoms with Crippen LogP contribution >= 0.6 is 11.6 Å². The minimum atomic E-state index is 0.816. The van der Waals surface area contributed by atoms with Gasteiger partial charge in [-0.15, -0.1) is 0 Å². The van der Waals surface area contributed by atoms with Crippen LogP contribution in [0.4, 0.5) is 0 Å². The fourth-order valence-electron chi connectivity index (χ4n) is 1.87. The standard InChI is InChI=1S/C12H20ClN3/c1-9-12(13)10(2)16(15-9)8-4-3-7-14-11-5-6-11/h11,14H,3-8H2,1-2H3. The van der Waals surface area contributed by atoms with E-state index in [-0.39, 0.29) is 0 Å². The predicted molar refractivity (Wildman–Crippen MR) is 67.0 cm³/mol. The first kappa shape index (κ1) is 11.9. The molecule has 2 rings (SSSR count). The van der Waals surface area contributed by atoms with E-state index in [9.17, 15) is 0 Å². The first-order valence-electron chi connectivity index (χ1n) is 6.11. The Bertz CT molecular complexity index is 355. The smallest absolute Gasteiger partial charge is 0.0844 e. The third-order valence-electron chi connectivity index (χ3n) is 3.10. The molecule has 16 heavy (non-hydrogen) atoms. The second-order valence-electron chi connectivity index (χ2n) is 4.64. The third-order valence-corrected chi connectivity index (χ3v) is 3.65. The van der Waals surface area contributed by atoms with E-state index >= 15 is 0 Å². The predicted octanol–water partition coefficient (Wildman–Crippen LogP) is 2.69. The summed E-state index contributed by atoms with van der Waals surface area (Å²) in [6, 6.07) is 0.822. The fraction of sp³-hybridized carbons (Fsp3) is 0.750. The van der Waals surface area contributed by atoms with E-state index < -0.39 is 0 Å². The van der Waals surface area contributed by atoms with Gasteiger partial charge < -0.3 is 5.32 Å². The molecule has 90 valence electrons. The Morgan fingerprint density at radius 1 is 1.38 bits per heavy atom. The molecule has 0 radical (unpaired) electrons. The summed E-state index contributed by atoms with van der Waals surface area (Å²) < 4.78 is 2.02. The van der Waals surface area contributed by atoms with Crippen LogP contribution in [-0.4, -0.2) is 22.4 Å². The molecule has 0 spiro atoms. The van der Waals surface area contributed by atoms with E-state index in [0.717, 1.165) is 42.0 Å². The lowest BCUT2D eigenvalue weighted by Gasteiger charge is -2.05. The van der Waals surface area contributed by atoms with Crippen molar-refractivity contribution in [3.05, 3.63) is 16.4 Å². The highest BCUT2D eigenvalue weighted by molar-refractivity contribution is 6.31. The molecule has 1 aromatic rings. The van der Waals surface area contributed by atoms with Gasteiger partial charge in [0.25, 0.3) is 0 Å².